The third kappa shape index (κ3) is 1.89. The van der Waals surface area contributed by atoms with Crippen molar-refractivity contribution in [2.75, 3.05) is 0 Å². The fourth-order valence-corrected chi connectivity index (χ4v) is 2.72. The van der Waals surface area contributed by atoms with Crippen LogP contribution < -0.4 is 5.11 Å². The Morgan fingerprint density at radius 3 is 2.20 bits per heavy atom. The highest BCUT2D eigenvalue weighted by molar-refractivity contribution is 14.1. The van der Waals surface area contributed by atoms with E-state index in [0.717, 1.165) is 34.8 Å². The molecule has 15 heavy (non-hydrogen) atoms. The summed E-state index contributed by atoms with van der Waals surface area (Å²) < 4.78 is 1.13. The number of carbonyl (C=O) groups is 1. The van der Waals surface area contributed by atoms with E-state index < -0.39 is 11.4 Å². The lowest BCUT2D eigenvalue weighted by atomic mass is 9.79. The molecule has 2 nitrogen and oxygen atoms in total. The molecule has 0 atom stereocenters. The van der Waals surface area contributed by atoms with Gasteiger partial charge in [0.15, 0.2) is 0 Å². The van der Waals surface area contributed by atoms with Crippen molar-refractivity contribution < 1.29 is 9.90 Å². The summed E-state index contributed by atoms with van der Waals surface area (Å²) >= 11 is 2.22. The third-order valence-electron chi connectivity index (χ3n) is 3.24. The van der Waals surface area contributed by atoms with Crippen LogP contribution in [-0.2, 0) is 10.2 Å². The highest BCUT2D eigenvalue weighted by Gasteiger charge is 2.36. The van der Waals surface area contributed by atoms with Crippen molar-refractivity contribution in [2.45, 2.75) is 31.1 Å². The highest BCUT2D eigenvalue weighted by Crippen LogP contribution is 2.40. The summed E-state index contributed by atoms with van der Waals surface area (Å²) in [7, 11) is 0. The topological polar surface area (TPSA) is 40.1 Å². The molecule has 2 rings (SSSR count). The maximum absolute atomic E-state index is 11.3. The molecule has 1 aromatic rings. The van der Waals surface area contributed by atoms with Crippen molar-refractivity contribution in [2.24, 2.45) is 0 Å². The van der Waals surface area contributed by atoms with Crippen LogP contribution in [0.2, 0.25) is 0 Å². The lowest BCUT2D eigenvalue weighted by molar-refractivity contribution is -0.313. The maximum atomic E-state index is 11.3. The second kappa shape index (κ2) is 4.12. The molecule has 80 valence electrons. The lowest BCUT2D eigenvalue weighted by Crippen LogP contribution is -2.43. The van der Waals surface area contributed by atoms with Gasteiger partial charge in [0.1, 0.15) is 0 Å². The number of carbonyl (C=O) groups excluding carboxylic acids is 1. The van der Waals surface area contributed by atoms with E-state index >= 15 is 0 Å². The summed E-state index contributed by atoms with van der Waals surface area (Å²) in [4.78, 5) is 11.3. The number of carboxylic acid groups (broad SMARTS) is 1. The molecule has 0 aromatic heterocycles. The van der Waals surface area contributed by atoms with E-state index in [-0.39, 0.29) is 0 Å². The van der Waals surface area contributed by atoms with Gasteiger partial charge < -0.3 is 9.90 Å². The van der Waals surface area contributed by atoms with Gasteiger partial charge in [0.25, 0.3) is 0 Å². The number of rotatable bonds is 2. The van der Waals surface area contributed by atoms with Crippen molar-refractivity contribution in [1.82, 2.24) is 0 Å². The molecule has 1 aliphatic carbocycles. The molecule has 0 N–H and O–H groups in total. The fraction of sp³-hybridized carbons (Fsp3) is 0.417. The Morgan fingerprint density at radius 2 is 1.73 bits per heavy atom. The second-order valence-electron chi connectivity index (χ2n) is 4.08. The van der Waals surface area contributed by atoms with Crippen LogP contribution in [-0.4, -0.2) is 5.97 Å². The van der Waals surface area contributed by atoms with Gasteiger partial charge in [-0.05, 0) is 53.1 Å². The Morgan fingerprint density at radius 1 is 1.20 bits per heavy atom. The summed E-state index contributed by atoms with van der Waals surface area (Å²) in [6.07, 6.45) is 3.41. The van der Waals surface area contributed by atoms with E-state index in [1.165, 1.54) is 0 Å². The fourth-order valence-electron chi connectivity index (χ4n) is 2.36. The second-order valence-corrected chi connectivity index (χ2v) is 5.33. The molecular formula is C12H12IO2-. The van der Waals surface area contributed by atoms with Crippen molar-refractivity contribution in [3.63, 3.8) is 0 Å². The normalized spacial score (nSPS) is 19.0. The largest absolute Gasteiger partial charge is 0.549 e. The van der Waals surface area contributed by atoms with E-state index in [9.17, 15) is 9.90 Å². The molecule has 0 heterocycles. The predicted octanol–water partition coefficient (Wildman–Crippen LogP) is 1.85. The van der Waals surface area contributed by atoms with Crippen molar-refractivity contribution >= 4 is 28.6 Å². The van der Waals surface area contributed by atoms with Gasteiger partial charge in [-0.3, -0.25) is 0 Å². The number of hydrogen-bond donors (Lipinski definition) is 0. The van der Waals surface area contributed by atoms with Crippen LogP contribution in [0.4, 0.5) is 0 Å². The third-order valence-corrected chi connectivity index (χ3v) is 3.96. The minimum Gasteiger partial charge on any atom is -0.549 e. The molecular weight excluding hydrogens is 303 g/mol. The molecule has 0 spiro atoms. The van der Waals surface area contributed by atoms with Crippen molar-refractivity contribution in [1.29, 1.82) is 0 Å². The van der Waals surface area contributed by atoms with Crippen molar-refractivity contribution in [3.8, 4) is 0 Å². The summed E-state index contributed by atoms with van der Waals surface area (Å²) in [6, 6.07) is 7.75. The van der Waals surface area contributed by atoms with E-state index in [4.69, 9.17) is 0 Å². The van der Waals surface area contributed by atoms with Crippen LogP contribution >= 0.6 is 22.6 Å². The zero-order valence-electron chi connectivity index (χ0n) is 8.33. The van der Waals surface area contributed by atoms with Crippen LogP contribution in [0.1, 0.15) is 31.2 Å². The minimum absolute atomic E-state index is 0.718. The molecule has 0 unspecified atom stereocenters. The van der Waals surface area contributed by atoms with E-state index in [1.54, 1.807) is 0 Å². The molecule has 0 saturated heterocycles. The van der Waals surface area contributed by atoms with Gasteiger partial charge in [-0.25, -0.2) is 0 Å². The summed E-state index contributed by atoms with van der Waals surface area (Å²) in [5.41, 5.74) is 0.185. The maximum Gasteiger partial charge on any atom is 0.0520 e. The predicted molar refractivity (Wildman–Crippen MR) is 64.3 cm³/mol. The number of benzene rings is 1. The number of hydrogen-bond acceptors (Lipinski definition) is 2. The first-order valence-electron chi connectivity index (χ1n) is 5.13. The molecule has 1 fully saturated rings. The first-order chi connectivity index (χ1) is 7.15. The van der Waals surface area contributed by atoms with Crippen molar-refractivity contribution in [3.05, 3.63) is 33.4 Å². The van der Waals surface area contributed by atoms with Crippen LogP contribution in [0.25, 0.3) is 0 Å². The summed E-state index contributed by atoms with van der Waals surface area (Å²) in [6.45, 7) is 0. The quantitative estimate of drug-likeness (QED) is 0.782. The Labute approximate surface area is 103 Å². The Balaban J connectivity index is 2.41. The number of carboxylic acids is 1. The standard InChI is InChI=1S/C12H13IO2/c13-10-5-3-9(4-6-10)12(11(14)15)7-1-2-8-12/h3-6H,1-2,7-8H2,(H,14,15)/p-1. The van der Waals surface area contributed by atoms with Crippen LogP contribution in [0.15, 0.2) is 24.3 Å². The van der Waals surface area contributed by atoms with Gasteiger partial charge >= 0.3 is 0 Å². The van der Waals surface area contributed by atoms with Gasteiger partial charge in [-0.1, -0.05) is 25.0 Å². The zero-order valence-corrected chi connectivity index (χ0v) is 10.5. The van der Waals surface area contributed by atoms with E-state index in [0.29, 0.717) is 0 Å². The lowest BCUT2D eigenvalue weighted by Gasteiger charge is -2.30. The molecule has 0 amide bonds. The summed E-state index contributed by atoms with van der Waals surface area (Å²) in [5, 5.41) is 11.3. The molecule has 0 bridgehead atoms. The first-order valence-corrected chi connectivity index (χ1v) is 6.20. The van der Waals surface area contributed by atoms with E-state index in [1.807, 2.05) is 24.3 Å². The Kier molecular flexibility index (Phi) is 3.00. The smallest absolute Gasteiger partial charge is 0.0520 e. The minimum atomic E-state index is -0.916. The molecule has 1 aliphatic rings. The van der Waals surface area contributed by atoms with Gasteiger partial charge in [0.05, 0.1) is 5.97 Å². The van der Waals surface area contributed by atoms with Crippen LogP contribution in [0.5, 0.6) is 0 Å². The SMILES string of the molecule is O=C([O-])C1(c2ccc(I)cc2)CCCC1. The van der Waals surface area contributed by atoms with Gasteiger partial charge in [-0.15, -0.1) is 0 Å². The number of halogens is 1. The molecule has 3 heteroatoms. The van der Waals surface area contributed by atoms with E-state index in [2.05, 4.69) is 22.6 Å². The van der Waals surface area contributed by atoms with Gasteiger partial charge in [-0.2, -0.15) is 0 Å². The van der Waals surface area contributed by atoms with Gasteiger partial charge in [0.2, 0.25) is 0 Å². The zero-order chi connectivity index (χ0) is 10.9. The average Bonchev–Trinajstić information content (AvgIpc) is 2.69. The molecule has 1 aromatic carbocycles. The number of aliphatic carboxylic acids is 1. The summed E-state index contributed by atoms with van der Waals surface area (Å²) in [5.74, 6) is -0.916. The Bertz CT molecular complexity index is 364. The highest BCUT2D eigenvalue weighted by atomic mass is 127. The molecule has 0 radical (unpaired) electrons. The van der Waals surface area contributed by atoms with Gasteiger partial charge in [0, 0.05) is 8.99 Å². The van der Waals surface area contributed by atoms with Crippen LogP contribution in [0, 0.1) is 3.57 Å². The molecule has 0 aliphatic heterocycles. The molecule has 1 saturated carbocycles. The average molecular weight is 315 g/mol. The Hall–Kier alpha value is -0.580. The van der Waals surface area contributed by atoms with Crippen LogP contribution in [0.3, 0.4) is 0 Å². The monoisotopic (exact) mass is 315 g/mol. The first kappa shape index (κ1) is 10.9.